The Hall–Kier alpha value is -3.10. The van der Waals surface area contributed by atoms with Gasteiger partial charge in [0.1, 0.15) is 0 Å². The van der Waals surface area contributed by atoms with Crippen LogP contribution >= 0.6 is 24.8 Å². The van der Waals surface area contributed by atoms with Gasteiger partial charge in [-0.15, -0.1) is 68.5 Å². The molecule has 0 spiro atoms. The molecule has 4 aromatic rings. The number of allylic oxidation sites excluding steroid dienone is 8. The van der Waals surface area contributed by atoms with Crippen LogP contribution in [0.2, 0.25) is 0 Å². The Morgan fingerprint density at radius 3 is 1.69 bits per heavy atom. The van der Waals surface area contributed by atoms with Gasteiger partial charge in [-0.3, -0.25) is 14.9 Å². The Morgan fingerprint density at radius 1 is 0.769 bits per heavy atom. The Labute approximate surface area is 339 Å². The molecule has 4 aromatic carbocycles. The standard InChI is InChI=1S/C27H29.C7H9.2C6H4F.CH2.2ClH.Zr/c1-16-7-9-26(3,4)24-12-18-11-19-13-25-21(17(2)8-10-27(25,5)6)15-23(19)22(18)14-20(16)24;1-6-3-4-7(2)5-6;2*7-6-4-2-1-3-5-6;;;;/h7-9,12-15H,10-11H2,1-6H3;3,5,7H,1-2H3;2*1-2,4-5H;1H2;2*1H;/q4*-1;;;;. The Kier molecular flexibility index (Phi) is 17.2. The van der Waals surface area contributed by atoms with Crippen molar-refractivity contribution in [3.8, 4) is 11.1 Å². The van der Waals surface area contributed by atoms with E-state index in [-0.39, 0.29) is 47.3 Å². The molecule has 4 aliphatic carbocycles. The zero-order valence-corrected chi connectivity index (χ0v) is 35.7. The molecule has 0 heterocycles. The normalized spacial score (nSPS) is 16.9. The fourth-order valence-electron chi connectivity index (χ4n) is 6.67. The van der Waals surface area contributed by atoms with Gasteiger partial charge >= 0.3 is 28.4 Å². The van der Waals surface area contributed by atoms with Crippen LogP contribution in [-0.4, -0.2) is 4.21 Å². The van der Waals surface area contributed by atoms with E-state index >= 15 is 0 Å². The molecule has 5 heteroatoms. The van der Waals surface area contributed by atoms with E-state index < -0.39 is 0 Å². The second-order valence-corrected chi connectivity index (χ2v) is 14.5. The Bertz CT molecular complexity index is 1800. The number of benzene rings is 4. The molecule has 1 unspecified atom stereocenters. The molecule has 0 bridgehead atoms. The number of halogens is 4. The summed E-state index contributed by atoms with van der Waals surface area (Å²) in [6.07, 6.45) is 16.7. The minimum atomic E-state index is -0.234. The number of rotatable bonds is 0. The van der Waals surface area contributed by atoms with E-state index in [0.717, 1.165) is 12.8 Å². The molecule has 0 fully saturated rings. The number of hydrogen-bond donors (Lipinski definition) is 0. The van der Waals surface area contributed by atoms with Gasteiger partial charge in [0.25, 0.3) is 0 Å². The molecule has 0 N–H and O–H groups in total. The summed E-state index contributed by atoms with van der Waals surface area (Å²) in [5.41, 5.74) is 16.3. The second-order valence-electron chi connectivity index (χ2n) is 14.5. The third-order valence-corrected chi connectivity index (χ3v) is 9.52. The van der Waals surface area contributed by atoms with E-state index in [0.29, 0.717) is 5.92 Å². The van der Waals surface area contributed by atoms with Gasteiger partial charge in [0.05, 0.1) is 0 Å². The van der Waals surface area contributed by atoms with Crippen molar-refractivity contribution < 1.29 is 33.0 Å². The van der Waals surface area contributed by atoms with E-state index in [1.165, 1.54) is 110 Å². The van der Waals surface area contributed by atoms with E-state index in [1.54, 1.807) is 24.3 Å². The third-order valence-electron chi connectivity index (χ3n) is 9.52. The molecular weight excluding hydrogens is 765 g/mol. The Balaban J connectivity index is 0.000000305. The van der Waals surface area contributed by atoms with Crippen LogP contribution in [0.25, 0.3) is 22.3 Å². The van der Waals surface area contributed by atoms with Crippen LogP contribution in [0.3, 0.4) is 0 Å². The van der Waals surface area contributed by atoms with Crippen molar-refractivity contribution in [1.29, 1.82) is 0 Å². The van der Waals surface area contributed by atoms with Gasteiger partial charge < -0.3 is 0 Å². The molecule has 0 aromatic heterocycles. The first-order chi connectivity index (χ1) is 23.7. The fraction of sp³-hybridized carbons (Fsp3) is 0.277. The van der Waals surface area contributed by atoms with Crippen molar-refractivity contribution in [3.63, 3.8) is 0 Å². The molecule has 4 aliphatic rings. The molecular formula is C47H50Cl2F2Zr-4. The Morgan fingerprint density at radius 2 is 1.29 bits per heavy atom. The predicted molar refractivity (Wildman–Crippen MR) is 220 cm³/mol. The topological polar surface area (TPSA) is 0 Å². The quantitative estimate of drug-likeness (QED) is 0.137. The van der Waals surface area contributed by atoms with Crippen molar-refractivity contribution in [1.82, 2.24) is 0 Å². The van der Waals surface area contributed by atoms with Gasteiger partial charge in [0.2, 0.25) is 0 Å². The maximum absolute atomic E-state index is 11.9. The van der Waals surface area contributed by atoms with E-state index in [9.17, 15) is 8.78 Å². The van der Waals surface area contributed by atoms with Gasteiger partial charge in [-0.2, -0.15) is 48.0 Å². The molecule has 274 valence electrons. The van der Waals surface area contributed by atoms with Crippen LogP contribution < -0.4 is 0 Å². The molecule has 0 amide bonds. The van der Waals surface area contributed by atoms with Gasteiger partial charge in [-0.1, -0.05) is 75.8 Å². The summed E-state index contributed by atoms with van der Waals surface area (Å²) in [5.74, 6) is 0.0880. The van der Waals surface area contributed by atoms with Crippen molar-refractivity contribution in [2.75, 3.05) is 0 Å². The first-order valence-corrected chi connectivity index (χ1v) is 18.9. The first kappa shape index (κ1) is 45.1. The minimum absolute atomic E-state index is 0. The molecule has 8 rings (SSSR count). The van der Waals surface area contributed by atoms with Crippen LogP contribution in [0, 0.1) is 42.2 Å². The van der Waals surface area contributed by atoms with Crippen LogP contribution in [-0.2, 0) is 41.5 Å². The predicted octanol–water partition coefficient (Wildman–Crippen LogP) is 13.2. The van der Waals surface area contributed by atoms with Crippen molar-refractivity contribution >= 4 is 40.2 Å². The fourth-order valence-corrected chi connectivity index (χ4v) is 6.67. The summed E-state index contributed by atoms with van der Waals surface area (Å²) in [6.45, 7) is 18.2. The van der Waals surface area contributed by atoms with Crippen molar-refractivity contribution in [3.05, 3.63) is 172 Å². The van der Waals surface area contributed by atoms with Gasteiger partial charge in [0.15, 0.2) is 0 Å². The van der Waals surface area contributed by atoms with Crippen molar-refractivity contribution in [2.24, 2.45) is 5.92 Å². The van der Waals surface area contributed by atoms with Crippen LogP contribution in [0.1, 0.15) is 95.2 Å². The summed E-state index contributed by atoms with van der Waals surface area (Å²) >= 11 is 1.30. The summed E-state index contributed by atoms with van der Waals surface area (Å²) in [4.78, 5) is 0. The summed E-state index contributed by atoms with van der Waals surface area (Å²) < 4.78 is 27.1. The van der Waals surface area contributed by atoms with E-state index in [1.807, 2.05) is 6.08 Å². The first-order valence-electron chi connectivity index (χ1n) is 17.2. The monoisotopic (exact) mass is 812 g/mol. The summed E-state index contributed by atoms with van der Waals surface area (Å²) in [7, 11) is 0. The molecule has 52 heavy (non-hydrogen) atoms. The summed E-state index contributed by atoms with van der Waals surface area (Å²) in [6, 6.07) is 27.0. The number of hydrogen-bond acceptors (Lipinski definition) is 0. The van der Waals surface area contributed by atoms with Crippen LogP contribution in [0.4, 0.5) is 8.78 Å². The van der Waals surface area contributed by atoms with Gasteiger partial charge in [-0.25, -0.2) is 24.1 Å². The van der Waals surface area contributed by atoms with Crippen LogP contribution in [0.5, 0.6) is 0 Å². The molecule has 0 saturated carbocycles. The van der Waals surface area contributed by atoms with E-state index in [2.05, 4.69) is 127 Å². The van der Waals surface area contributed by atoms with Crippen LogP contribution in [0.15, 0.2) is 103 Å². The zero-order chi connectivity index (χ0) is 36.6. The van der Waals surface area contributed by atoms with Gasteiger partial charge in [-0.05, 0) is 70.2 Å². The average molecular weight is 815 g/mol. The molecule has 0 nitrogen and oxygen atoms in total. The zero-order valence-electron chi connectivity index (χ0n) is 31.6. The maximum atomic E-state index is 11.9. The van der Waals surface area contributed by atoms with Crippen molar-refractivity contribution in [2.45, 2.75) is 79.1 Å². The molecule has 1 atom stereocenters. The second kappa shape index (κ2) is 19.8. The van der Waals surface area contributed by atoms with E-state index in [4.69, 9.17) is 0 Å². The van der Waals surface area contributed by atoms with Gasteiger partial charge in [0, 0.05) is 11.6 Å². The molecule has 0 aliphatic heterocycles. The summed E-state index contributed by atoms with van der Waals surface area (Å²) in [5, 5.41) is 0. The molecule has 0 radical (unpaired) electrons. The average Bonchev–Trinajstić information content (AvgIpc) is 3.66. The SMILES string of the molecule is CC1=CC(C)[C-]=C1.CC1=C[CH-]C(C)(C)c2cc3c(cc21)-c1cc2c(cc1C3)C(C)(C)CC=C2C.Cl.Cl.Fc1c[c-]ccc1.Fc1c[c-]ccc1.[CH2]=[Zr]. The third kappa shape index (κ3) is 11.2. The number of fused-ring (bicyclic) bond motifs is 5. The molecule has 0 saturated heterocycles.